The molecule has 0 aromatic carbocycles. The Bertz CT molecular complexity index is 1890. The van der Waals surface area contributed by atoms with Gasteiger partial charge >= 0.3 is 15.2 Å². The number of aliphatic hydroxyl groups excluding tert-OH is 4. The highest BCUT2D eigenvalue weighted by Crippen LogP contribution is 2.69. The van der Waals surface area contributed by atoms with Crippen LogP contribution in [0.4, 0.5) is 0 Å². The van der Waals surface area contributed by atoms with Gasteiger partial charge in [-0.1, -0.05) is 285 Å². The molecule has 1 fully saturated rings. The summed E-state index contributed by atoms with van der Waals surface area (Å²) in [6, 6.07) is 0. The second-order valence-electron chi connectivity index (χ2n) is 30.6. The van der Waals surface area contributed by atoms with Crippen molar-refractivity contribution in [3.05, 3.63) is 0 Å². The molecule has 1 saturated heterocycles. The predicted octanol–water partition coefficient (Wildman–Crippen LogP) is 15.3. The number of piperazine rings is 1. The smallest absolute Gasteiger partial charge is 0.369 e. The fraction of sp³-hybridized carbons (Fsp3) is 0.987. The number of unbranched alkanes of at least 4 members (excludes halogenated alkanes) is 36. The minimum absolute atomic E-state index is 0.0336. The molecule has 101 heavy (non-hydrogen) atoms. The molecule has 1 amide bonds. The lowest BCUT2D eigenvalue weighted by Crippen LogP contribution is -2.53. The van der Waals surface area contributed by atoms with Crippen LogP contribution >= 0.6 is 15.2 Å². The van der Waals surface area contributed by atoms with Crippen LogP contribution < -0.4 is 5.32 Å². The number of nitrogens with zero attached hydrogens (tertiary/aromatic N) is 5. The standard InChI is InChI=1S/C79H164N6O14P2/c1-7-13-17-21-25-29-33-37-41-45-50-72(86)64-83(57-54-78(90)80-56-49-55-79(91,100(92,93)94)101(95,96)97)69-76(98-11-5)68-82-61-58-81(59-62-82)60-63-84(65-73(87)51-46-42-38-34-30-26-22-18-14-8-2)70-77(99-12-6)71-85(66-74(88)52-47-43-39-35-31-27-23-19-15-9-3)67-75(89)53-48-44-40-36-32-28-24-20-16-10-4/h72-77,86-89,91H,7-71H2,1-6H3,(H,80,90)(H2,92,93,94)(H2,95,96,97). The summed E-state index contributed by atoms with van der Waals surface area (Å²) < 4.78 is 36.9. The van der Waals surface area contributed by atoms with Gasteiger partial charge in [-0.2, -0.15) is 0 Å². The van der Waals surface area contributed by atoms with E-state index in [1.54, 1.807) is 0 Å². The predicted molar refractivity (Wildman–Crippen MR) is 419 cm³/mol. The van der Waals surface area contributed by atoms with Crippen molar-refractivity contribution in [1.82, 2.24) is 29.8 Å². The summed E-state index contributed by atoms with van der Waals surface area (Å²) in [7, 11) is -11.2. The van der Waals surface area contributed by atoms with Gasteiger partial charge in [0.05, 0.1) is 36.6 Å². The van der Waals surface area contributed by atoms with Crippen molar-refractivity contribution >= 4 is 21.1 Å². The Morgan fingerprint density at radius 3 is 1.02 bits per heavy atom. The van der Waals surface area contributed by atoms with Crippen molar-refractivity contribution in [2.24, 2.45) is 0 Å². The molecule has 10 N–H and O–H groups in total. The average molecular weight is 1480 g/mol. The summed E-state index contributed by atoms with van der Waals surface area (Å²) in [5.41, 5.74) is 0. The minimum atomic E-state index is -5.61. The van der Waals surface area contributed by atoms with Gasteiger partial charge in [0, 0.05) is 131 Å². The van der Waals surface area contributed by atoms with E-state index in [9.17, 15) is 59.0 Å². The molecule has 6 unspecified atom stereocenters. The van der Waals surface area contributed by atoms with E-state index in [1.807, 2.05) is 13.8 Å². The van der Waals surface area contributed by atoms with Gasteiger partial charge in [-0.25, -0.2) is 0 Å². The van der Waals surface area contributed by atoms with Crippen LogP contribution in [0, 0.1) is 0 Å². The third-order valence-corrected chi connectivity index (χ3v) is 24.8. The number of nitrogens with one attached hydrogen (secondary N) is 1. The van der Waals surface area contributed by atoms with E-state index < -0.39 is 51.1 Å². The van der Waals surface area contributed by atoms with Crippen LogP contribution in [0.25, 0.3) is 0 Å². The van der Waals surface area contributed by atoms with Gasteiger partial charge in [0.25, 0.3) is 5.08 Å². The van der Waals surface area contributed by atoms with Gasteiger partial charge in [0.1, 0.15) is 0 Å². The maximum absolute atomic E-state index is 13.2. The molecule has 1 aliphatic heterocycles. The molecule has 1 heterocycles. The second-order valence-corrected chi connectivity index (χ2v) is 34.6. The first-order chi connectivity index (χ1) is 48.6. The van der Waals surface area contributed by atoms with Gasteiger partial charge in [-0.3, -0.25) is 38.4 Å². The van der Waals surface area contributed by atoms with Crippen molar-refractivity contribution < 1.29 is 68.5 Å². The van der Waals surface area contributed by atoms with Crippen molar-refractivity contribution in [3.8, 4) is 0 Å². The Hall–Kier alpha value is -0.710. The van der Waals surface area contributed by atoms with Crippen molar-refractivity contribution in [2.75, 3.05) is 118 Å². The molecule has 20 nitrogen and oxygen atoms in total. The van der Waals surface area contributed by atoms with Crippen LogP contribution in [-0.4, -0.2) is 235 Å². The minimum Gasteiger partial charge on any atom is -0.392 e. The third kappa shape index (κ3) is 54.5. The highest BCUT2D eigenvalue weighted by atomic mass is 31.2. The molecule has 0 saturated carbocycles. The van der Waals surface area contributed by atoms with Gasteiger partial charge in [0.2, 0.25) is 5.91 Å². The Morgan fingerprint density at radius 1 is 0.396 bits per heavy atom. The first kappa shape index (κ1) is 98.3. The molecule has 604 valence electrons. The molecule has 0 aliphatic carbocycles. The van der Waals surface area contributed by atoms with Gasteiger partial charge in [-0.05, 0) is 46.0 Å². The summed E-state index contributed by atoms with van der Waals surface area (Å²) >= 11 is 0. The number of amides is 1. The SMILES string of the molecule is CCCCCCCCCCCCC(O)CN(CCC(=O)NCCCC(O)(P(=O)(O)O)P(=O)(O)O)CC(CN1CCN(CCN(CC(O)CCCCCCCCCCCC)CC(CN(CC(O)CCCCCCCCCCCC)CC(O)CCCCCCCCCCCC)OCC)CC1)OCC. The van der Waals surface area contributed by atoms with Gasteiger partial charge in [-0.15, -0.1) is 0 Å². The summed E-state index contributed by atoms with van der Waals surface area (Å²) in [5, 5.41) is 56.0. The van der Waals surface area contributed by atoms with Gasteiger partial charge in [0.15, 0.2) is 0 Å². The first-order valence-electron chi connectivity index (χ1n) is 42.3. The van der Waals surface area contributed by atoms with Crippen molar-refractivity contribution in [2.45, 2.75) is 385 Å². The first-order valence-corrected chi connectivity index (χ1v) is 45.5. The Kier molecular flexibility index (Phi) is 63.5. The van der Waals surface area contributed by atoms with Crippen LogP contribution in [-0.2, 0) is 23.4 Å². The van der Waals surface area contributed by atoms with E-state index in [2.05, 4.69) is 57.5 Å². The van der Waals surface area contributed by atoms with Crippen LogP contribution in [0.1, 0.15) is 343 Å². The summed E-state index contributed by atoms with van der Waals surface area (Å²) in [6.07, 6.45) is 48.6. The number of carbonyl (C=O) groups is 1. The third-order valence-electron chi connectivity index (χ3n) is 20.9. The van der Waals surface area contributed by atoms with E-state index in [4.69, 9.17) is 9.47 Å². The van der Waals surface area contributed by atoms with Crippen molar-refractivity contribution in [1.29, 1.82) is 0 Å². The number of rotatable bonds is 76. The van der Waals surface area contributed by atoms with Crippen LogP contribution in [0.2, 0.25) is 0 Å². The monoisotopic (exact) mass is 1480 g/mol. The van der Waals surface area contributed by atoms with Crippen molar-refractivity contribution in [3.63, 3.8) is 0 Å². The van der Waals surface area contributed by atoms with E-state index in [1.165, 1.54) is 199 Å². The zero-order valence-corrected chi connectivity index (χ0v) is 67.9. The maximum atomic E-state index is 13.2. The summed E-state index contributed by atoms with van der Waals surface area (Å²) in [4.78, 5) is 63.3. The number of hydrogen-bond acceptors (Lipinski definition) is 15. The largest absolute Gasteiger partial charge is 0.392 e. The number of carbonyl (C=O) groups excluding carboxylic acids is 1. The highest BCUT2D eigenvalue weighted by molar-refractivity contribution is 7.72. The molecule has 0 aromatic heterocycles. The molecule has 6 atom stereocenters. The van der Waals surface area contributed by atoms with E-state index in [-0.39, 0.29) is 37.5 Å². The molecule has 0 aromatic rings. The summed E-state index contributed by atoms with van der Waals surface area (Å²) in [6.45, 7) is 23.4. The highest BCUT2D eigenvalue weighted by Gasteiger charge is 2.58. The lowest BCUT2D eigenvalue weighted by molar-refractivity contribution is -0.121. The second kappa shape index (κ2) is 65.2. The van der Waals surface area contributed by atoms with Crippen LogP contribution in [0.15, 0.2) is 0 Å². The van der Waals surface area contributed by atoms with Gasteiger partial charge < -0.3 is 59.9 Å². The molecule has 0 spiro atoms. The number of hydrogen-bond donors (Lipinski definition) is 10. The lowest BCUT2D eigenvalue weighted by Gasteiger charge is -2.39. The number of ether oxygens (including phenoxy) is 2. The quantitative estimate of drug-likeness (QED) is 0.0200. The normalized spacial score (nSPS) is 15.7. The molecule has 1 rings (SSSR count). The fourth-order valence-electron chi connectivity index (χ4n) is 14.6. The molecular weight excluding hydrogens is 1320 g/mol. The molecule has 0 bridgehead atoms. The maximum Gasteiger partial charge on any atom is 0.369 e. The molecule has 0 radical (unpaired) electrons. The average Bonchev–Trinajstić information content (AvgIpc) is 0.777. The Labute approximate surface area is 619 Å². The lowest BCUT2D eigenvalue weighted by atomic mass is 10.0. The molecule has 1 aliphatic rings. The zero-order chi connectivity index (χ0) is 74.5. The van der Waals surface area contributed by atoms with Crippen LogP contribution in [0.3, 0.4) is 0 Å². The summed E-state index contributed by atoms with van der Waals surface area (Å²) in [5.74, 6) is -0.383. The topological polar surface area (TPSA) is 280 Å². The number of aliphatic hydroxyl groups is 5. The fourth-order valence-corrected chi connectivity index (χ4v) is 16.8. The van der Waals surface area contributed by atoms with E-state index in [0.717, 1.165) is 116 Å². The Balaban J connectivity index is 3.25. The van der Waals surface area contributed by atoms with E-state index in [0.29, 0.717) is 78.5 Å². The van der Waals surface area contributed by atoms with E-state index >= 15 is 0 Å². The molecule has 22 heteroatoms. The molecular formula is C79H164N6O14P2. The zero-order valence-electron chi connectivity index (χ0n) is 66.1. The van der Waals surface area contributed by atoms with Crippen LogP contribution in [0.5, 0.6) is 0 Å². The Morgan fingerprint density at radius 2 is 0.683 bits per heavy atom.